The van der Waals surface area contributed by atoms with Gasteiger partial charge in [0.2, 0.25) is 0 Å². The molecule has 0 bridgehead atoms. The van der Waals surface area contributed by atoms with E-state index < -0.39 is 24.3 Å². The van der Waals surface area contributed by atoms with Gasteiger partial charge in [0.05, 0.1) is 0 Å². The summed E-state index contributed by atoms with van der Waals surface area (Å²) in [6, 6.07) is 31.3. The molecule has 0 aliphatic carbocycles. The molecule has 3 atom stereocenters. The van der Waals surface area contributed by atoms with Crippen LogP contribution in [0.1, 0.15) is 40.5 Å². The number of fused-ring (bicyclic) bond motifs is 1. The Kier molecular flexibility index (Phi) is 6.99. The SMILES string of the molecule is CC1([Se]c2ccccc2)C[C@@]2(CO[Si](c3ccccc3)(c3ccccc3)C(C)(C)C)C[C@@H](F)CN2C1=O. The fourth-order valence-corrected chi connectivity index (χ4v) is 13.9. The van der Waals surface area contributed by atoms with Gasteiger partial charge < -0.3 is 0 Å². The number of nitrogens with zero attached hydrogens (tertiary/aromatic N) is 1. The molecule has 0 saturated carbocycles. The number of carbonyl (C=O) groups is 1. The first-order valence-electron chi connectivity index (χ1n) is 13.0. The number of hydrogen-bond acceptors (Lipinski definition) is 2. The van der Waals surface area contributed by atoms with Gasteiger partial charge in [0.1, 0.15) is 0 Å². The Labute approximate surface area is 227 Å². The topological polar surface area (TPSA) is 29.5 Å². The summed E-state index contributed by atoms with van der Waals surface area (Å²) in [5, 5.41) is 2.23. The monoisotopic (exact) mass is 581 g/mol. The van der Waals surface area contributed by atoms with Crippen molar-refractivity contribution in [2.45, 2.75) is 61.6 Å². The molecule has 2 heterocycles. The summed E-state index contributed by atoms with van der Waals surface area (Å²) in [7, 11) is -2.80. The first kappa shape index (κ1) is 26.4. The van der Waals surface area contributed by atoms with Gasteiger partial charge in [0.15, 0.2) is 0 Å². The van der Waals surface area contributed by atoms with Crippen LogP contribution in [0.3, 0.4) is 0 Å². The molecule has 2 aliphatic heterocycles. The molecule has 2 saturated heterocycles. The quantitative estimate of drug-likeness (QED) is 0.386. The standard InChI is InChI=1S/C31H36FNO2SeSi/c1-29(2,3)37(26-16-10-6-11-17-26,27-18-12-7-13-19-27)35-23-31-20-24(32)21-33(31)28(34)30(4,22-31)36-25-14-8-5-9-15-25/h5-19,24H,20-23H2,1-4H3/t24-,30?,31-/m1/s1. The zero-order valence-corrected chi connectivity index (χ0v) is 24.8. The molecule has 0 spiro atoms. The maximum absolute atomic E-state index is 15.0. The van der Waals surface area contributed by atoms with E-state index in [0.29, 0.717) is 19.4 Å². The molecule has 2 aliphatic rings. The molecule has 5 rings (SSSR count). The summed E-state index contributed by atoms with van der Waals surface area (Å²) < 4.78 is 23.0. The van der Waals surface area contributed by atoms with Gasteiger partial charge in [0.25, 0.3) is 0 Å². The average Bonchev–Trinajstić information content (AvgIpc) is 3.29. The fourth-order valence-electron chi connectivity index (χ4n) is 6.45. The van der Waals surface area contributed by atoms with Crippen LogP contribution in [0.25, 0.3) is 0 Å². The Hall–Kier alpha value is -2.24. The maximum atomic E-state index is 15.0. The van der Waals surface area contributed by atoms with Crippen molar-refractivity contribution >= 4 is 44.0 Å². The number of amides is 1. The molecular formula is C31H36FNO2SeSi. The fraction of sp³-hybridized carbons (Fsp3) is 0.387. The minimum absolute atomic E-state index is 0.0497. The van der Waals surface area contributed by atoms with Crippen LogP contribution < -0.4 is 14.8 Å². The zero-order valence-electron chi connectivity index (χ0n) is 22.1. The molecule has 0 aromatic heterocycles. The van der Waals surface area contributed by atoms with Crippen molar-refractivity contribution in [3.05, 3.63) is 91.0 Å². The van der Waals surface area contributed by atoms with E-state index in [1.54, 1.807) is 0 Å². The summed E-state index contributed by atoms with van der Waals surface area (Å²) in [6.07, 6.45) is -0.0375. The second-order valence-corrected chi connectivity index (χ2v) is 19.3. The van der Waals surface area contributed by atoms with Crippen molar-refractivity contribution < 1.29 is 13.6 Å². The predicted octanol–water partition coefficient (Wildman–Crippen LogP) is 4.48. The number of benzene rings is 3. The molecule has 6 heteroatoms. The third kappa shape index (κ3) is 4.63. The molecule has 1 amide bonds. The normalized spacial score (nSPS) is 25.9. The van der Waals surface area contributed by atoms with Gasteiger partial charge in [-0.2, -0.15) is 0 Å². The van der Waals surface area contributed by atoms with Crippen LogP contribution in [0.2, 0.25) is 9.35 Å². The molecule has 0 N–H and O–H groups in total. The molecule has 3 aromatic carbocycles. The van der Waals surface area contributed by atoms with Gasteiger partial charge in [-0.25, -0.2) is 0 Å². The Bertz CT molecular complexity index is 1200. The second-order valence-electron chi connectivity index (χ2n) is 11.7. The number of hydrogen-bond donors (Lipinski definition) is 0. The summed E-state index contributed by atoms with van der Waals surface area (Å²) >= 11 is -0.0497. The first-order valence-corrected chi connectivity index (χ1v) is 16.7. The average molecular weight is 581 g/mol. The summed E-state index contributed by atoms with van der Waals surface area (Å²) in [5.74, 6) is 0.0857. The van der Waals surface area contributed by atoms with E-state index in [-0.39, 0.29) is 32.4 Å². The van der Waals surface area contributed by atoms with E-state index in [9.17, 15) is 4.79 Å². The second kappa shape index (κ2) is 9.81. The number of carbonyl (C=O) groups excluding carboxylic acids is 1. The van der Waals surface area contributed by atoms with Gasteiger partial charge in [-0.15, -0.1) is 0 Å². The molecule has 37 heavy (non-hydrogen) atoms. The number of halogens is 1. The number of alkyl halides is 1. The minimum atomic E-state index is -2.80. The molecule has 3 nitrogen and oxygen atoms in total. The van der Waals surface area contributed by atoms with E-state index in [4.69, 9.17) is 4.43 Å². The van der Waals surface area contributed by atoms with E-state index >= 15 is 4.39 Å². The third-order valence-electron chi connectivity index (χ3n) is 7.98. The van der Waals surface area contributed by atoms with Gasteiger partial charge in [-0.05, 0) is 0 Å². The van der Waals surface area contributed by atoms with Crippen LogP contribution in [-0.2, 0) is 9.22 Å². The molecule has 194 valence electrons. The third-order valence-corrected chi connectivity index (χ3v) is 15.6. The van der Waals surface area contributed by atoms with Crippen molar-refractivity contribution in [1.29, 1.82) is 0 Å². The Morgan fingerprint density at radius 2 is 1.46 bits per heavy atom. The Morgan fingerprint density at radius 3 is 1.97 bits per heavy atom. The van der Waals surface area contributed by atoms with Crippen molar-refractivity contribution in [2.24, 2.45) is 0 Å². The van der Waals surface area contributed by atoms with Crippen LogP contribution in [-0.4, -0.2) is 58.9 Å². The van der Waals surface area contributed by atoms with Crippen molar-refractivity contribution in [1.82, 2.24) is 4.90 Å². The van der Waals surface area contributed by atoms with E-state index in [2.05, 4.69) is 88.4 Å². The van der Waals surface area contributed by atoms with Crippen molar-refractivity contribution in [3.63, 3.8) is 0 Å². The predicted molar refractivity (Wildman–Crippen MR) is 152 cm³/mol. The van der Waals surface area contributed by atoms with Crippen molar-refractivity contribution in [3.8, 4) is 0 Å². The molecule has 3 aromatic rings. The van der Waals surface area contributed by atoms with Crippen LogP contribution in [0.4, 0.5) is 4.39 Å². The van der Waals surface area contributed by atoms with Crippen LogP contribution in [0.5, 0.6) is 0 Å². The Morgan fingerprint density at radius 1 is 0.946 bits per heavy atom. The van der Waals surface area contributed by atoms with Crippen LogP contribution >= 0.6 is 0 Å². The van der Waals surface area contributed by atoms with Crippen LogP contribution in [0, 0.1) is 0 Å². The summed E-state index contributed by atoms with van der Waals surface area (Å²) in [4.78, 5) is 15.7. The summed E-state index contributed by atoms with van der Waals surface area (Å²) in [5.41, 5.74) is -0.616. The van der Waals surface area contributed by atoms with E-state index in [0.717, 1.165) is 0 Å². The number of rotatable bonds is 7. The van der Waals surface area contributed by atoms with E-state index in [1.807, 2.05) is 35.2 Å². The molecule has 2 fully saturated rings. The summed E-state index contributed by atoms with van der Waals surface area (Å²) in [6.45, 7) is 9.37. The van der Waals surface area contributed by atoms with Crippen LogP contribution in [0.15, 0.2) is 91.0 Å². The van der Waals surface area contributed by atoms with Gasteiger partial charge in [0, 0.05) is 0 Å². The first-order chi connectivity index (χ1) is 17.6. The van der Waals surface area contributed by atoms with Crippen molar-refractivity contribution in [2.75, 3.05) is 13.2 Å². The molecule has 1 unspecified atom stereocenters. The Balaban J connectivity index is 1.54. The van der Waals surface area contributed by atoms with Gasteiger partial charge in [-0.3, -0.25) is 0 Å². The van der Waals surface area contributed by atoms with Gasteiger partial charge >= 0.3 is 228 Å². The zero-order chi connectivity index (χ0) is 26.3. The molecule has 0 radical (unpaired) electrons. The molecular weight excluding hydrogens is 544 g/mol. The van der Waals surface area contributed by atoms with Gasteiger partial charge in [-0.1, -0.05) is 0 Å². The van der Waals surface area contributed by atoms with E-state index in [1.165, 1.54) is 14.8 Å².